The summed E-state index contributed by atoms with van der Waals surface area (Å²) in [5, 5.41) is 7.24. The van der Waals surface area contributed by atoms with Crippen molar-refractivity contribution >= 4 is 24.4 Å². The third kappa shape index (κ3) is 2.17. The fourth-order valence-corrected chi connectivity index (χ4v) is 2.11. The van der Waals surface area contributed by atoms with E-state index in [9.17, 15) is 4.79 Å². The number of anilines is 1. The normalized spacial score (nSPS) is 21.3. The molecule has 1 aliphatic rings. The predicted octanol–water partition coefficient (Wildman–Crippen LogP) is 1.40. The quantitative estimate of drug-likeness (QED) is 0.764. The maximum Gasteiger partial charge on any atom is 0.229 e. The van der Waals surface area contributed by atoms with Gasteiger partial charge in [0, 0.05) is 30.0 Å². The van der Waals surface area contributed by atoms with E-state index in [1.807, 2.05) is 6.07 Å². The van der Waals surface area contributed by atoms with Gasteiger partial charge in [-0.3, -0.25) is 14.8 Å². The number of H-pyrrole nitrogens is 1. The van der Waals surface area contributed by atoms with E-state index in [1.54, 1.807) is 4.90 Å². The molecule has 0 radical (unpaired) electrons. The molecule has 1 fully saturated rings. The Morgan fingerprint density at radius 2 is 2.53 bits per heavy atom. The molecular weight excluding hydrogens is 210 g/mol. The van der Waals surface area contributed by atoms with E-state index >= 15 is 0 Å². The molecule has 1 amide bonds. The molecule has 15 heavy (non-hydrogen) atoms. The number of nitrogens with zero attached hydrogens (tertiary/aromatic N) is 2. The van der Waals surface area contributed by atoms with Gasteiger partial charge in [0.2, 0.25) is 5.91 Å². The number of hydrogen-bond acceptors (Lipinski definition) is 3. The van der Waals surface area contributed by atoms with Crippen LogP contribution in [0.5, 0.6) is 0 Å². The first kappa shape index (κ1) is 10.5. The lowest BCUT2D eigenvalue weighted by molar-refractivity contribution is -0.117. The molecule has 0 aliphatic carbocycles. The van der Waals surface area contributed by atoms with Crippen LogP contribution in [0.4, 0.5) is 5.82 Å². The van der Waals surface area contributed by atoms with Gasteiger partial charge in [-0.05, 0) is 6.42 Å². The molecule has 1 saturated heterocycles. The molecule has 2 heterocycles. The third-order valence-electron chi connectivity index (χ3n) is 2.52. The number of aromatic nitrogens is 2. The van der Waals surface area contributed by atoms with Crippen LogP contribution in [0.25, 0.3) is 0 Å². The number of nitrogens with one attached hydrogen (secondary N) is 1. The van der Waals surface area contributed by atoms with Gasteiger partial charge in [0.15, 0.2) is 5.82 Å². The van der Waals surface area contributed by atoms with Crippen LogP contribution in [0.2, 0.25) is 0 Å². The lowest BCUT2D eigenvalue weighted by atomic mass is 10.2. The fraction of sp³-hybridized carbons (Fsp3) is 0.600. The number of hydrogen-bond donors (Lipinski definition) is 2. The van der Waals surface area contributed by atoms with Gasteiger partial charge in [-0.2, -0.15) is 17.7 Å². The molecule has 4 nitrogen and oxygen atoms in total. The zero-order chi connectivity index (χ0) is 10.8. The number of aryl methyl sites for hydroxylation is 1. The average Bonchev–Trinajstić information content (AvgIpc) is 2.73. The van der Waals surface area contributed by atoms with Gasteiger partial charge in [-0.15, -0.1) is 0 Å². The van der Waals surface area contributed by atoms with Crippen LogP contribution < -0.4 is 4.90 Å². The molecule has 5 heteroatoms. The van der Waals surface area contributed by atoms with Gasteiger partial charge in [0.1, 0.15) is 0 Å². The molecule has 0 spiro atoms. The Labute approximate surface area is 94.5 Å². The minimum atomic E-state index is 0.115. The van der Waals surface area contributed by atoms with E-state index < -0.39 is 0 Å². The predicted molar refractivity (Wildman–Crippen MR) is 62.3 cm³/mol. The van der Waals surface area contributed by atoms with Crippen molar-refractivity contribution in [1.82, 2.24) is 10.2 Å². The summed E-state index contributed by atoms with van der Waals surface area (Å²) >= 11 is 4.31. The maximum absolute atomic E-state index is 11.6. The minimum Gasteiger partial charge on any atom is -0.294 e. The van der Waals surface area contributed by atoms with Crippen LogP contribution in [0.3, 0.4) is 0 Å². The van der Waals surface area contributed by atoms with Gasteiger partial charge in [-0.1, -0.05) is 13.3 Å². The monoisotopic (exact) mass is 225 g/mol. The summed E-state index contributed by atoms with van der Waals surface area (Å²) in [6, 6.07) is 1.95. The van der Waals surface area contributed by atoms with Gasteiger partial charge >= 0.3 is 0 Å². The van der Waals surface area contributed by atoms with Gasteiger partial charge in [0.25, 0.3) is 0 Å². The van der Waals surface area contributed by atoms with Crippen molar-refractivity contribution in [2.75, 3.05) is 11.4 Å². The van der Waals surface area contributed by atoms with E-state index in [-0.39, 0.29) is 11.2 Å². The highest BCUT2D eigenvalue weighted by Crippen LogP contribution is 2.22. The van der Waals surface area contributed by atoms with Gasteiger partial charge < -0.3 is 0 Å². The Morgan fingerprint density at radius 3 is 3.13 bits per heavy atom. The lowest BCUT2D eigenvalue weighted by Gasteiger charge is -2.11. The zero-order valence-electron chi connectivity index (χ0n) is 8.73. The average molecular weight is 225 g/mol. The summed E-state index contributed by atoms with van der Waals surface area (Å²) in [4.78, 5) is 13.3. The van der Waals surface area contributed by atoms with Crippen molar-refractivity contribution in [3.63, 3.8) is 0 Å². The Kier molecular flexibility index (Phi) is 3.00. The van der Waals surface area contributed by atoms with Crippen LogP contribution in [0, 0.1) is 0 Å². The number of thiol groups is 1. The Morgan fingerprint density at radius 1 is 1.73 bits per heavy atom. The molecule has 1 aromatic heterocycles. The van der Waals surface area contributed by atoms with Crippen molar-refractivity contribution in [1.29, 1.82) is 0 Å². The van der Waals surface area contributed by atoms with Crippen LogP contribution in [-0.4, -0.2) is 27.9 Å². The molecule has 0 aromatic carbocycles. The molecule has 2 rings (SSSR count). The minimum absolute atomic E-state index is 0.115. The lowest BCUT2D eigenvalue weighted by Crippen LogP contribution is -2.24. The molecule has 1 atom stereocenters. The highest BCUT2D eigenvalue weighted by molar-refractivity contribution is 7.81. The molecular formula is C10H15N3OS. The van der Waals surface area contributed by atoms with Crippen molar-refractivity contribution in [2.45, 2.75) is 31.4 Å². The number of aromatic amines is 1. The van der Waals surface area contributed by atoms with Gasteiger partial charge in [-0.25, -0.2) is 0 Å². The van der Waals surface area contributed by atoms with Crippen molar-refractivity contribution in [3.05, 3.63) is 11.8 Å². The van der Waals surface area contributed by atoms with Crippen molar-refractivity contribution < 1.29 is 4.79 Å². The topological polar surface area (TPSA) is 49.0 Å². The molecule has 0 bridgehead atoms. The Balaban J connectivity index is 2.12. The van der Waals surface area contributed by atoms with E-state index in [2.05, 4.69) is 29.7 Å². The smallest absolute Gasteiger partial charge is 0.229 e. The second-order valence-corrected chi connectivity index (χ2v) is 4.59. The fourth-order valence-electron chi connectivity index (χ4n) is 1.80. The first-order valence-corrected chi connectivity index (χ1v) is 5.75. The van der Waals surface area contributed by atoms with Crippen LogP contribution in [0.15, 0.2) is 6.07 Å². The van der Waals surface area contributed by atoms with Crippen LogP contribution >= 0.6 is 12.6 Å². The first-order chi connectivity index (χ1) is 7.20. The standard InChI is InChI=1S/C10H15N3OS/c1-2-3-7-4-9(12-11-7)13-6-8(15)5-10(13)14/h4,8,15H,2-3,5-6H2,1H3,(H,11,12). The molecule has 82 valence electrons. The van der Waals surface area contributed by atoms with E-state index in [4.69, 9.17) is 0 Å². The summed E-state index contributed by atoms with van der Waals surface area (Å²) in [7, 11) is 0. The van der Waals surface area contributed by atoms with Crippen molar-refractivity contribution in [2.24, 2.45) is 0 Å². The molecule has 1 N–H and O–H groups in total. The largest absolute Gasteiger partial charge is 0.294 e. The molecule has 1 aromatic rings. The summed E-state index contributed by atoms with van der Waals surface area (Å²) in [6.45, 7) is 2.78. The number of carbonyl (C=O) groups excluding carboxylic acids is 1. The second kappa shape index (κ2) is 4.26. The second-order valence-electron chi connectivity index (χ2n) is 3.86. The molecule has 0 saturated carbocycles. The Hall–Kier alpha value is -0.970. The maximum atomic E-state index is 11.6. The SMILES string of the molecule is CCCc1cc(N2CC(S)CC2=O)n[nH]1. The van der Waals surface area contributed by atoms with E-state index in [0.29, 0.717) is 13.0 Å². The first-order valence-electron chi connectivity index (χ1n) is 5.23. The van der Waals surface area contributed by atoms with Crippen molar-refractivity contribution in [3.8, 4) is 0 Å². The van der Waals surface area contributed by atoms with Crippen LogP contribution in [-0.2, 0) is 11.2 Å². The highest BCUT2D eigenvalue weighted by Gasteiger charge is 2.29. The third-order valence-corrected chi connectivity index (χ3v) is 2.86. The van der Waals surface area contributed by atoms with E-state index in [1.165, 1.54) is 0 Å². The van der Waals surface area contributed by atoms with Gasteiger partial charge in [0.05, 0.1) is 0 Å². The highest BCUT2D eigenvalue weighted by atomic mass is 32.1. The van der Waals surface area contributed by atoms with Crippen LogP contribution in [0.1, 0.15) is 25.5 Å². The number of rotatable bonds is 3. The zero-order valence-corrected chi connectivity index (χ0v) is 9.63. The summed E-state index contributed by atoms with van der Waals surface area (Å²) < 4.78 is 0. The number of amides is 1. The summed E-state index contributed by atoms with van der Waals surface area (Å²) in [6.07, 6.45) is 2.56. The molecule has 1 aliphatic heterocycles. The molecule has 1 unspecified atom stereocenters. The van der Waals surface area contributed by atoms with E-state index in [0.717, 1.165) is 24.4 Å². The summed E-state index contributed by atoms with van der Waals surface area (Å²) in [5.41, 5.74) is 1.09. The Bertz CT molecular complexity index is 363. The summed E-state index contributed by atoms with van der Waals surface area (Å²) in [5.74, 6) is 0.851. The number of carbonyl (C=O) groups is 1.